The van der Waals surface area contributed by atoms with E-state index in [4.69, 9.17) is 18.0 Å². The minimum Gasteiger partial charge on any atom is -0.392 e. The molecule has 0 aromatic heterocycles. The van der Waals surface area contributed by atoms with Gasteiger partial charge in [0.1, 0.15) is 0 Å². The zero-order chi connectivity index (χ0) is 11.3. The normalized spacial score (nSPS) is 12.7. The lowest BCUT2D eigenvalue weighted by atomic mass is 10.1. The second-order valence-electron chi connectivity index (χ2n) is 3.73. The maximum Gasteiger partial charge on any atom is 0.0901 e. The summed E-state index contributed by atoms with van der Waals surface area (Å²) >= 11 is 5.04. The number of nitrogens with two attached hydrogens (primary N) is 1. The quantitative estimate of drug-likeness (QED) is 0.774. The van der Waals surface area contributed by atoms with Crippen molar-refractivity contribution in [1.29, 1.82) is 0 Å². The number of likely N-dealkylation sites (N-methyl/N-ethyl adjacent to an activating group) is 1. The lowest BCUT2D eigenvalue weighted by Crippen LogP contribution is -2.40. The number of rotatable bonds is 5. The first kappa shape index (κ1) is 12.1. The highest BCUT2D eigenvalue weighted by Crippen LogP contribution is 2.08. The van der Waals surface area contributed by atoms with Crippen molar-refractivity contribution in [2.75, 3.05) is 7.05 Å². The van der Waals surface area contributed by atoms with Gasteiger partial charge in [0.25, 0.3) is 0 Å². The van der Waals surface area contributed by atoms with Gasteiger partial charge in [0, 0.05) is 6.54 Å². The van der Waals surface area contributed by atoms with E-state index in [2.05, 4.69) is 31.0 Å². The van der Waals surface area contributed by atoms with Crippen LogP contribution in [-0.4, -0.2) is 23.0 Å². The van der Waals surface area contributed by atoms with Crippen molar-refractivity contribution in [2.24, 2.45) is 5.73 Å². The number of benzene rings is 1. The van der Waals surface area contributed by atoms with Crippen LogP contribution in [0.25, 0.3) is 0 Å². The summed E-state index contributed by atoms with van der Waals surface area (Å²) in [5.41, 5.74) is 6.98. The summed E-state index contributed by atoms with van der Waals surface area (Å²) < 4.78 is 0. The van der Waals surface area contributed by atoms with Gasteiger partial charge < -0.3 is 5.73 Å². The molecule has 2 nitrogen and oxygen atoms in total. The highest BCUT2D eigenvalue weighted by atomic mass is 32.1. The van der Waals surface area contributed by atoms with Crippen LogP contribution >= 0.6 is 12.2 Å². The molecule has 2 N–H and O–H groups in total. The zero-order valence-corrected chi connectivity index (χ0v) is 10.1. The van der Waals surface area contributed by atoms with Gasteiger partial charge in [-0.05, 0) is 19.0 Å². The van der Waals surface area contributed by atoms with Gasteiger partial charge in [-0.2, -0.15) is 0 Å². The van der Waals surface area contributed by atoms with E-state index >= 15 is 0 Å². The Hall–Kier alpha value is -0.930. The van der Waals surface area contributed by atoms with Gasteiger partial charge in [-0.1, -0.05) is 49.5 Å². The summed E-state index contributed by atoms with van der Waals surface area (Å²) in [6.07, 6.45) is 0.957. The third-order valence-electron chi connectivity index (χ3n) is 2.52. The number of hydrogen-bond donors (Lipinski definition) is 1. The molecule has 0 fully saturated rings. The molecule has 0 radical (unpaired) electrons. The molecule has 0 aliphatic rings. The first-order chi connectivity index (χ1) is 7.15. The lowest BCUT2D eigenvalue weighted by Gasteiger charge is -2.26. The molecule has 3 heteroatoms. The molecule has 1 atom stereocenters. The summed E-state index contributed by atoms with van der Waals surface area (Å²) in [5, 5.41) is 0. The highest BCUT2D eigenvalue weighted by molar-refractivity contribution is 7.80. The minimum absolute atomic E-state index is 0.195. The topological polar surface area (TPSA) is 29.3 Å². The summed E-state index contributed by atoms with van der Waals surface area (Å²) in [4.78, 5) is 2.77. The molecule has 15 heavy (non-hydrogen) atoms. The van der Waals surface area contributed by atoms with Crippen molar-refractivity contribution in [3.8, 4) is 0 Å². The van der Waals surface area contributed by atoms with Crippen LogP contribution in [0.3, 0.4) is 0 Å². The van der Waals surface area contributed by atoms with Gasteiger partial charge >= 0.3 is 0 Å². The maximum absolute atomic E-state index is 5.69. The first-order valence-corrected chi connectivity index (χ1v) is 5.59. The smallest absolute Gasteiger partial charge is 0.0901 e. The summed E-state index contributed by atoms with van der Waals surface area (Å²) in [6.45, 7) is 2.99. The van der Waals surface area contributed by atoms with Crippen molar-refractivity contribution in [3.05, 3.63) is 35.9 Å². The van der Waals surface area contributed by atoms with Gasteiger partial charge in [0.15, 0.2) is 0 Å². The van der Waals surface area contributed by atoms with Crippen molar-refractivity contribution >= 4 is 17.2 Å². The predicted molar refractivity (Wildman–Crippen MR) is 68.8 cm³/mol. The molecular weight excluding hydrogens is 204 g/mol. The minimum atomic E-state index is 0.195. The number of nitrogens with zero attached hydrogens (tertiary/aromatic N) is 1. The molecule has 0 saturated heterocycles. The molecule has 1 rings (SSSR count). The van der Waals surface area contributed by atoms with Gasteiger partial charge in [-0.25, -0.2) is 0 Å². The van der Waals surface area contributed by atoms with E-state index in [9.17, 15) is 0 Å². The second-order valence-corrected chi connectivity index (χ2v) is 4.20. The van der Waals surface area contributed by atoms with Crippen molar-refractivity contribution < 1.29 is 0 Å². The Morgan fingerprint density at radius 3 is 2.47 bits per heavy atom. The van der Waals surface area contributed by atoms with Gasteiger partial charge in [0.2, 0.25) is 0 Å². The predicted octanol–water partition coefficient (Wildman–Crippen LogP) is 2.18. The average Bonchev–Trinajstić information content (AvgIpc) is 2.19. The van der Waals surface area contributed by atoms with Gasteiger partial charge in [-0.3, -0.25) is 4.90 Å². The van der Waals surface area contributed by atoms with Crippen LogP contribution in [0.2, 0.25) is 0 Å². The Morgan fingerprint density at radius 2 is 2.00 bits per heavy atom. The van der Waals surface area contributed by atoms with Crippen LogP contribution < -0.4 is 5.73 Å². The molecule has 0 amide bonds. The average molecular weight is 222 g/mol. The van der Waals surface area contributed by atoms with E-state index in [0.717, 1.165) is 13.0 Å². The molecule has 82 valence electrons. The van der Waals surface area contributed by atoms with Crippen molar-refractivity contribution in [3.63, 3.8) is 0 Å². The second kappa shape index (κ2) is 5.83. The van der Waals surface area contributed by atoms with Gasteiger partial charge in [-0.15, -0.1) is 0 Å². The standard InChI is InChI=1S/C12H18N2S/c1-3-11(12(13)15)14(2)9-10-7-5-4-6-8-10/h4-8,11H,3,9H2,1-2H3,(H2,13,15). The van der Waals surface area contributed by atoms with Crippen LogP contribution in [-0.2, 0) is 6.54 Å². The monoisotopic (exact) mass is 222 g/mol. The van der Waals surface area contributed by atoms with E-state index in [0.29, 0.717) is 4.99 Å². The summed E-state index contributed by atoms with van der Waals surface area (Å²) in [5.74, 6) is 0. The number of hydrogen-bond acceptors (Lipinski definition) is 2. The molecular formula is C12H18N2S. The van der Waals surface area contributed by atoms with Crippen LogP contribution in [0, 0.1) is 0 Å². The Morgan fingerprint density at radius 1 is 1.40 bits per heavy atom. The van der Waals surface area contributed by atoms with Crippen LogP contribution in [0.4, 0.5) is 0 Å². The van der Waals surface area contributed by atoms with Crippen molar-refractivity contribution in [1.82, 2.24) is 4.90 Å². The molecule has 0 bridgehead atoms. The Balaban J connectivity index is 2.62. The molecule has 1 aromatic rings. The fourth-order valence-electron chi connectivity index (χ4n) is 1.71. The van der Waals surface area contributed by atoms with Gasteiger partial charge in [0.05, 0.1) is 11.0 Å². The first-order valence-electron chi connectivity index (χ1n) is 5.18. The molecule has 0 aliphatic heterocycles. The van der Waals surface area contributed by atoms with Crippen LogP contribution in [0.15, 0.2) is 30.3 Å². The lowest BCUT2D eigenvalue weighted by molar-refractivity contribution is 0.284. The molecule has 0 spiro atoms. The fraction of sp³-hybridized carbons (Fsp3) is 0.417. The zero-order valence-electron chi connectivity index (χ0n) is 9.31. The fourth-order valence-corrected chi connectivity index (χ4v) is 2.06. The third kappa shape index (κ3) is 3.61. The molecule has 0 aliphatic carbocycles. The maximum atomic E-state index is 5.69. The Kier molecular flexibility index (Phi) is 4.72. The summed E-state index contributed by atoms with van der Waals surface area (Å²) in [6, 6.07) is 10.5. The molecule has 1 aromatic carbocycles. The summed E-state index contributed by atoms with van der Waals surface area (Å²) in [7, 11) is 2.06. The van der Waals surface area contributed by atoms with Crippen LogP contribution in [0.1, 0.15) is 18.9 Å². The van der Waals surface area contributed by atoms with E-state index in [1.54, 1.807) is 0 Å². The SMILES string of the molecule is CCC(C(N)=S)N(C)Cc1ccccc1. The largest absolute Gasteiger partial charge is 0.392 e. The van der Waals surface area contributed by atoms with E-state index < -0.39 is 0 Å². The molecule has 1 unspecified atom stereocenters. The third-order valence-corrected chi connectivity index (χ3v) is 2.79. The Labute approximate surface area is 97.1 Å². The van der Waals surface area contributed by atoms with E-state index in [-0.39, 0.29) is 6.04 Å². The number of thiocarbonyl (C=S) groups is 1. The van der Waals surface area contributed by atoms with Crippen molar-refractivity contribution in [2.45, 2.75) is 25.9 Å². The Bertz CT molecular complexity index is 311. The van der Waals surface area contributed by atoms with Crippen LogP contribution in [0.5, 0.6) is 0 Å². The highest BCUT2D eigenvalue weighted by Gasteiger charge is 2.15. The van der Waals surface area contributed by atoms with E-state index in [1.807, 2.05) is 18.2 Å². The molecule has 0 saturated carbocycles. The molecule has 0 heterocycles. The van der Waals surface area contributed by atoms with E-state index in [1.165, 1.54) is 5.56 Å².